The van der Waals surface area contributed by atoms with Crippen LogP contribution in [0.1, 0.15) is 27.6 Å². The molecule has 27 heavy (non-hydrogen) atoms. The Morgan fingerprint density at radius 3 is 1.81 bits per heavy atom. The second-order valence-corrected chi connectivity index (χ2v) is 8.69. The van der Waals surface area contributed by atoms with E-state index in [-0.39, 0.29) is 16.6 Å². The first-order valence-electron chi connectivity index (χ1n) is 8.71. The van der Waals surface area contributed by atoms with Crippen LogP contribution in [0, 0.1) is 0 Å². The van der Waals surface area contributed by atoms with Gasteiger partial charge in [-0.2, -0.15) is 0 Å². The van der Waals surface area contributed by atoms with Crippen molar-refractivity contribution in [2.75, 3.05) is 37.3 Å². The molecule has 1 fully saturated rings. The zero-order chi connectivity index (χ0) is 19.6. The molecule has 0 aromatic heterocycles. The molecule has 2 aromatic carbocycles. The summed E-state index contributed by atoms with van der Waals surface area (Å²) in [5.74, 6) is -0.0551. The Morgan fingerprint density at radius 1 is 0.815 bits per heavy atom. The Kier molecular flexibility index (Phi) is 5.32. The molecule has 1 aliphatic rings. The van der Waals surface area contributed by atoms with Gasteiger partial charge in [-0.05, 0) is 55.5 Å². The van der Waals surface area contributed by atoms with Crippen LogP contribution in [-0.2, 0) is 9.84 Å². The number of hydrogen-bond acceptors (Lipinski definition) is 5. The molecule has 1 amide bonds. The molecule has 2 aromatic rings. The van der Waals surface area contributed by atoms with Crippen LogP contribution in [0.4, 0.5) is 5.69 Å². The molecule has 0 bridgehead atoms. The smallest absolute Gasteiger partial charge is 0.253 e. The molecule has 0 saturated carbocycles. The minimum atomic E-state index is -3.27. The van der Waals surface area contributed by atoms with Gasteiger partial charge in [-0.15, -0.1) is 0 Å². The van der Waals surface area contributed by atoms with Gasteiger partial charge in [0.25, 0.3) is 5.91 Å². The number of nitrogens with zero attached hydrogens (tertiary/aromatic N) is 2. The number of carbonyl (C=O) groups is 2. The fourth-order valence-corrected chi connectivity index (χ4v) is 3.73. The van der Waals surface area contributed by atoms with Gasteiger partial charge in [-0.3, -0.25) is 9.59 Å². The SMILES string of the molecule is CC(=O)c1ccc(N2CCN(C(=O)c3ccc(S(C)(=O)=O)cc3)CC2)cc1. The molecule has 0 aliphatic carbocycles. The molecule has 6 nitrogen and oxygen atoms in total. The molecule has 0 spiro atoms. The lowest BCUT2D eigenvalue weighted by molar-refractivity contribution is 0.0746. The monoisotopic (exact) mass is 386 g/mol. The van der Waals surface area contributed by atoms with Crippen molar-refractivity contribution in [3.63, 3.8) is 0 Å². The standard InChI is InChI=1S/C20H22N2O4S/c1-15(23)16-3-7-18(8-4-16)21-11-13-22(14-12-21)20(24)17-5-9-19(10-6-17)27(2,25)26/h3-10H,11-14H2,1-2H3. The van der Waals surface area contributed by atoms with Crippen molar-refractivity contribution < 1.29 is 18.0 Å². The van der Waals surface area contributed by atoms with Gasteiger partial charge in [0.2, 0.25) is 0 Å². The van der Waals surface area contributed by atoms with E-state index in [4.69, 9.17) is 0 Å². The summed E-state index contributed by atoms with van der Waals surface area (Å²) in [5, 5.41) is 0. The average molecular weight is 386 g/mol. The molecular formula is C20H22N2O4S. The van der Waals surface area contributed by atoms with E-state index >= 15 is 0 Å². The molecule has 1 aliphatic heterocycles. The fraction of sp³-hybridized carbons (Fsp3) is 0.300. The Balaban J connectivity index is 1.63. The molecule has 7 heteroatoms. The quantitative estimate of drug-likeness (QED) is 0.754. The lowest BCUT2D eigenvalue weighted by Crippen LogP contribution is -2.48. The van der Waals surface area contributed by atoms with Crippen molar-refractivity contribution in [3.05, 3.63) is 59.7 Å². The van der Waals surface area contributed by atoms with Crippen molar-refractivity contribution in [1.29, 1.82) is 0 Å². The van der Waals surface area contributed by atoms with E-state index in [9.17, 15) is 18.0 Å². The number of amides is 1. The molecule has 1 saturated heterocycles. The molecule has 0 unspecified atom stereocenters. The van der Waals surface area contributed by atoms with E-state index in [1.807, 2.05) is 24.3 Å². The van der Waals surface area contributed by atoms with Crippen molar-refractivity contribution >= 4 is 27.2 Å². The highest BCUT2D eigenvalue weighted by atomic mass is 32.2. The van der Waals surface area contributed by atoms with Gasteiger partial charge < -0.3 is 9.80 Å². The van der Waals surface area contributed by atoms with Crippen LogP contribution < -0.4 is 4.90 Å². The maximum atomic E-state index is 12.6. The molecule has 142 valence electrons. The average Bonchev–Trinajstić information content (AvgIpc) is 2.67. The van der Waals surface area contributed by atoms with Gasteiger partial charge in [0.05, 0.1) is 4.90 Å². The highest BCUT2D eigenvalue weighted by Crippen LogP contribution is 2.19. The van der Waals surface area contributed by atoms with Crippen molar-refractivity contribution in [2.45, 2.75) is 11.8 Å². The number of benzene rings is 2. The van der Waals surface area contributed by atoms with Gasteiger partial charge in [-0.25, -0.2) is 8.42 Å². The van der Waals surface area contributed by atoms with Gasteiger partial charge in [0.1, 0.15) is 0 Å². The summed E-state index contributed by atoms with van der Waals surface area (Å²) < 4.78 is 23.1. The molecule has 1 heterocycles. The van der Waals surface area contributed by atoms with E-state index in [0.717, 1.165) is 11.9 Å². The first-order chi connectivity index (χ1) is 12.8. The maximum Gasteiger partial charge on any atom is 0.253 e. The summed E-state index contributed by atoms with van der Waals surface area (Å²) in [5.41, 5.74) is 2.20. The van der Waals surface area contributed by atoms with E-state index in [0.29, 0.717) is 37.3 Å². The number of sulfone groups is 1. The number of piperazine rings is 1. The summed E-state index contributed by atoms with van der Waals surface area (Å²) in [6, 6.07) is 13.6. The maximum absolute atomic E-state index is 12.6. The van der Waals surface area contributed by atoms with E-state index in [1.165, 1.54) is 12.1 Å². The molecule has 0 atom stereocenters. The van der Waals surface area contributed by atoms with E-state index in [1.54, 1.807) is 24.0 Å². The van der Waals surface area contributed by atoms with Crippen molar-refractivity contribution in [1.82, 2.24) is 4.90 Å². The number of hydrogen-bond donors (Lipinski definition) is 0. The largest absolute Gasteiger partial charge is 0.368 e. The first kappa shape index (κ1) is 19.1. The van der Waals surface area contributed by atoms with E-state index in [2.05, 4.69) is 4.90 Å². The van der Waals surface area contributed by atoms with Crippen LogP contribution in [0.25, 0.3) is 0 Å². The molecule has 3 rings (SSSR count). The summed E-state index contributed by atoms with van der Waals surface area (Å²) >= 11 is 0. The third kappa shape index (κ3) is 4.36. The zero-order valence-corrected chi connectivity index (χ0v) is 16.2. The third-order valence-corrected chi connectivity index (χ3v) is 5.86. The lowest BCUT2D eigenvalue weighted by atomic mass is 10.1. The summed E-state index contributed by atoms with van der Waals surface area (Å²) in [6.07, 6.45) is 1.14. The predicted molar refractivity (Wildman–Crippen MR) is 104 cm³/mol. The number of carbonyl (C=O) groups excluding carboxylic acids is 2. The van der Waals surface area contributed by atoms with E-state index < -0.39 is 9.84 Å². The number of anilines is 1. The summed E-state index contributed by atoms with van der Waals surface area (Å²) in [7, 11) is -3.27. The van der Waals surface area contributed by atoms with Crippen LogP contribution in [0.2, 0.25) is 0 Å². The molecule has 0 N–H and O–H groups in total. The second-order valence-electron chi connectivity index (χ2n) is 6.68. The Labute approximate surface area is 159 Å². The highest BCUT2D eigenvalue weighted by Gasteiger charge is 2.22. The van der Waals surface area contributed by atoms with Crippen LogP contribution in [0.5, 0.6) is 0 Å². The van der Waals surface area contributed by atoms with Gasteiger partial charge in [-0.1, -0.05) is 0 Å². The lowest BCUT2D eigenvalue weighted by Gasteiger charge is -2.36. The summed E-state index contributed by atoms with van der Waals surface area (Å²) in [4.78, 5) is 28.2. The van der Waals surface area contributed by atoms with Gasteiger partial charge in [0.15, 0.2) is 15.6 Å². The second kappa shape index (κ2) is 7.52. The Morgan fingerprint density at radius 2 is 1.33 bits per heavy atom. The summed E-state index contributed by atoms with van der Waals surface area (Å²) in [6.45, 7) is 4.11. The first-order valence-corrected chi connectivity index (χ1v) is 10.6. The Bertz CT molecular complexity index is 942. The van der Waals surface area contributed by atoms with Crippen LogP contribution in [-0.4, -0.2) is 57.4 Å². The highest BCUT2D eigenvalue weighted by molar-refractivity contribution is 7.90. The minimum absolute atomic E-state index is 0.0406. The van der Waals surface area contributed by atoms with Crippen LogP contribution in [0.15, 0.2) is 53.4 Å². The normalized spacial score (nSPS) is 14.9. The van der Waals surface area contributed by atoms with Gasteiger partial charge in [0, 0.05) is 49.2 Å². The van der Waals surface area contributed by atoms with Crippen LogP contribution in [0.3, 0.4) is 0 Å². The minimum Gasteiger partial charge on any atom is -0.368 e. The topological polar surface area (TPSA) is 74.8 Å². The molecular weight excluding hydrogens is 364 g/mol. The third-order valence-electron chi connectivity index (χ3n) is 4.74. The Hall–Kier alpha value is -2.67. The van der Waals surface area contributed by atoms with Gasteiger partial charge >= 0.3 is 0 Å². The fourth-order valence-electron chi connectivity index (χ4n) is 3.10. The number of ketones is 1. The zero-order valence-electron chi connectivity index (χ0n) is 15.4. The van der Waals surface area contributed by atoms with Crippen molar-refractivity contribution in [3.8, 4) is 0 Å². The molecule has 0 radical (unpaired) electrons. The van der Waals surface area contributed by atoms with Crippen molar-refractivity contribution in [2.24, 2.45) is 0 Å². The van der Waals surface area contributed by atoms with Crippen LogP contribution >= 0.6 is 0 Å². The number of Topliss-reactive ketones (excluding diaryl/α,β-unsaturated/α-hetero) is 1. The number of rotatable bonds is 4. The predicted octanol–water partition coefficient (Wildman–Crippen LogP) is 2.26.